The number of aliphatic hydroxyl groups is 1. The van der Waals surface area contributed by atoms with Crippen molar-refractivity contribution in [2.45, 2.75) is 58.6 Å². The third-order valence-electron chi connectivity index (χ3n) is 6.55. The molecule has 4 atom stereocenters. The van der Waals surface area contributed by atoms with Crippen LogP contribution in [0.3, 0.4) is 0 Å². The molecular formula is C26H31FN4O3S. The van der Waals surface area contributed by atoms with Crippen LogP contribution < -0.4 is 5.32 Å². The Hall–Kier alpha value is -3.04. The van der Waals surface area contributed by atoms with E-state index in [0.717, 1.165) is 21.6 Å². The Balaban J connectivity index is 1.49. The molecule has 2 aromatic heterocycles. The minimum Gasteiger partial charge on any atom is -0.388 e. The van der Waals surface area contributed by atoms with E-state index >= 15 is 0 Å². The van der Waals surface area contributed by atoms with Crippen LogP contribution in [0.15, 0.2) is 48.1 Å². The van der Waals surface area contributed by atoms with Crippen molar-refractivity contribution in [2.75, 3.05) is 6.54 Å². The predicted molar refractivity (Wildman–Crippen MR) is 134 cm³/mol. The normalized spacial score (nSPS) is 20.9. The number of halogens is 1. The molecule has 0 saturated carbocycles. The number of likely N-dealkylation sites (tertiary alicyclic amines) is 1. The summed E-state index contributed by atoms with van der Waals surface area (Å²) < 4.78 is 16.5. The van der Waals surface area contributed by atoms with E-state index in [1.54, 1.807) is 29.8 Å². The zero-order valence-electron chi connectivity index (χ0n) is 20.3. The number of nitrogens with zero attached hydrogens (tertiary/aromatic N) is 3. The van der Waals surface area contributed by atoms with Gasteiger partial charge in [-0.15, -0.1) is 11.3 Å². The number of alkyl halides is 1. The highest BCUT2D eigenvalue weighted by Gasteiger charge is 2.49. The number of hydrogen-bond acceptors (Lipinski definition) is 5. The molecule has 0 radical (unpaired) electrons. The Labute approximate surface area is 208 Å². The summed E-state index contributed by atoms with van der Waals surface area (Å²) in [5, 5.41) is 19.2. The van der Waals surface area contributed by atoms with Gasteiger partial charge in [-0.05, 0) is 59.5 Å². The number of aliphatic hydroxyl groups excluding tert-OH is 1. The Morgan fingerprint density at radius 2 is 2.03 bits per heavy atom. The summed E-state index contributed by atoms with van der Waals surface area (Å²) in [6.07, 6.45) is -0.0528. The summed E-state index contributed by atoms with van der Waals surface area (Å²) in [6, 6.07) is 7.72. The van der Waals surface area contributed by atoms with Gasteiger partial charge in [0.05, 0.1) is 6.54 Å². The summed E-state index contributed by atoms with van der Waals surface area (Å²) in [7, 11) is 0. The molecule has 2 N–H and O–H groups in total. The fourth-order valence-corrected chi connectivity index (χ4v) is 5.55. The van der Waals surface area contributed by atoms with Crippen LogP contribution in [0.4, 0.5) is 4.39 Å². The number of β-amino-alcohol motifs (C(OH)–C–C–N with tert-alkyl or cyclic N) is 1. The molecule has 0 unspecified atom stereocenters. The lowest BCUT2D eigenvalue weighted by molar-refractivity contribution is -0.143. The lowest BCUT2D eigenvalue weighted by atomic mass is 10.0. The molecule has 186 valence electrons. The van der Waals surface area contributed by atoms with Crippen molar-refractivity contribution in [3.8, 4) is 10.4 Å². The first-order valence-electron chi connectivity index (χ1n) is 11.7. The Bertz CT molecular complexity index is 1190. The van der Waals surface area contributed by atoms with Crippen molar-refractivity contribution in [1.82, 2.24) is 20.0 Å². The minimum atomic E-state index is -1.87. The number of hydrogen-bond donors (Lipinski definition) is 2. The Morgan fingerprint density at radius 1 is 1.26 bits per heavy atom. The van der Waals surface area contributed by atoms with Gasteiger partial charge < -0.3 is 15.3 Å². The van der Waals surface area contributed by atoms with E-state index in [9.17, 15) is 19.1 Å². The second-order valence-corrected chi connectivity index (χ2v) is 10.3. The van der Waals surface area contributed by atoms with Crippen LogP contribution in [0.1, 0.15) is 36.6 Å². The van der Waals surface area contributed by atoms with Crippen molar-refractivity contribution in [2.24, 2.45) is 5.92 Å². The average molecular weight is 499 g/mol. The SMILES string of the molecule is Cc1cc(-c2sccc2C)ccc1CNC(=O)[C@@H]1[C@@H](F)[C@@H](O)CN1C(=O)[C@H](C(C)C)n1cccn1. The van der Waals surface area contributed by atoms with Gasteiger partial charge in [-0.25, -0.2) is 4.39 Å². The van der Waals surface area contributed by atoms with E-state index in [4.69, 9.17) is 0 Å². The van der Waals surface area contributed by atoms with Crippen molar-refractivity contribution < 1.29 is 19.1 Å². The molecule has 1 aliphatic rings. The maximum Gasteiger partial charge on any atom is 0.248 e. The maximum atomic E-state index is 15.0. The first kappa shape index (κ1) is 25.1. The number of carbonyl (C=O) groups excluding carboxylic acids is 2. The third-order valence-corrected chi connectivity index (χ3v) is 7.62. The van der Waals surface area contributed by atoms with Gasteiger partial charge in [0.15, 0.2) is 6.17 Å². The number of rotatable bonds is 7. The average Bonchev–Trinajstić information content (AvgIpc) is 3.54. The van der Waals surface area contributed by atoms with E-state index in [1.807, 2.05) is 32.9 Å². The van der Waals surface area contributed by atoms with Crippen molar-refractivity contribution >= 4 is 23.2 Å². The lowest BCUT2D eigenvalue weighted by Gasteiger charge is -2.30. The molecule has 1 aromatic carbocycles. The van der Waals surface area contributed by atoms with Crippen LogP contribution in [0.5, 0.6) is 0 Å². The number of thiophene rings is 1. The fraction of sp³-hybridized carbons (Fsp3) is 0.423. The summed E-state index contributed by atoms with van der Waals surface area (Å²) in [5.74, 6) is -1.20. The number of aromatic nitrogens is 2. The quantitative estimate of drug-likeness (QED) is 0.521. The molecular weight excluding hydrogens is 467 g/mol. The van der Waals surface area contributed by atoms with Gasteiger partial charge in [0.2, 0.25) is 11.8 Å². The van der Waals surface area contributed by atoms with Gasteiger partial charge in [-0.3, -0.25) is 14.3 Å². The van der Waals surface area contributed by atoms with Crippen LogP contribution in [-0.4, -0.2) is 56.5 Å². The van der Waals surface area contributed by atoms with Gasteiger partial charge in [0, 0.05) is 23.8 Å². The van der Waals surface area contributed by atoms with Gasteiger partial charge in [0.25, 0.3) is 0 Å². The first-order chi connectivity index (χ1) is 16.7. The highest BCUT2D eigenvalue weighted by atomic mass is 32.1. The monoisotopic (exact) mass is 498 g/mol. The second kappa shape index (κ2) is 10.3. The van der Waals surface area contributed by atoms with Gasteiger partial charge in [-0.1, -0.05) is 32.0 Å². The number of amides is 2. The van der Waals surface area contributed by atoms with Crippen LogP contribution in [0.2, 0.25) is 0 Å². The molecule has 4 rings (SSSR count). The molecule has 3 heterocycles. The molecule has 0 bridgehead atoms. The molecule has 2 amide bonds. The number of benzene rings is 1. The molecule has 0 aliphatic carbocycles. The predicted octanol–water partition coefficient (Wildman–Crippen LogP) is 3.65. The van der Waals surface area contributed by atoms with Gasteiger partial charge >= 0.3 is 0 Å². The number of carbonyl (C=O) groups is 2. The van der Waals surface area contributed by atoms with Crippen molar-refractivity contribution in [1.29, 1.82) is 0 Å². The molecule has 7 nitrogen and oxygen atoms in total. The highest BCUT2D eigenvalue weighted by Crippen LogP contribution is 2.31. The largest absolute Gasteiger partial charge is 0.388 e. The van der Waals surface area contributed by atoms with E-state index in [-0.39, 0.29) is 19.0 Å². The third kappa shape index (κ3) is 5.01. The Morgan fingerprint density at radius 3 is 2.63 bits per heavy atom. The molecule has 9 heteroatoms. The standard InChI is InChI=1S/C26H31FN4O3S/c1-15(2)22(31-10-5-9-29-31)26(34)30-14-20(32)21(27)23(30)25(33)28-13-19-7-6-18(12-17(19)4)24-16(3)8-11-35-24/h5-12,15,20-23,32H,13-14H2,1-4H3,(H,28,33)/t20-,21-,22-,23-/m0/s1. The minimum absolute atomic E-state index is 0.143. The van der Waals surface area contributed by atoms with Crippen molar-refractivity contribution in [3.63, 3.8) is 0 Å². The highest BCUT2D eigenvalue weighted by molar-refractivity contribution is 7.13. The van der Waals surface area contributed by atoms with Gasteiger partial charge in [-0.2, -0.15) is 5.10 Å². The smallest absolute Gasteiger partial charge is 0.248 e. The molecule has 1 aliphatic heterocycles. The molecule has 0 spiro atoms. The zero-order valence-corrected chi connectivity index (χ0v) is 21.1. The van der Waals surface area contributed by atoms with Gasteiger partial charge in [0.1, 0.15) is 18.2 Å². The molecule has 1 fully saturated rings. The maximum absolute atomic E-state index is 15.0. The van der Waals surface area contributed by atoms with Crippen LogP contribution in [0.25, 0.3) is 10.4 Å². The summed E-state index contributed by atoms with van der Waals surface area (Å²) in [6.45, 7) is 7.73. The van der Waals surface area contributed by atoms with Crippen LogP contribution in [-0.2, 0) is 16.1 Å². The fourth-order valence-electron chi connectivity index (χ4n) is 4.62. The topological polar surface area (TPSA) is 87.5 Å². The first-order valence-corrected chi connectivity index (χ1v) is 12.6. The molecule has 3 aromatic rings. The lowest BCUT2D eigenvalue weighted by Crippen LogP contribution is -2.51. The van der Waals surface area contributed by atoms with E-state index < -0.39 is 36.2 Å². The Kier molecular flexibility index (Phi) is 7.37. The number of aryl methyl sites for hydroxylation is 2. The van der Waals surface area contributed by atoms with Crippen LogP contribution >= 0.6 is 11.3 Å². The summed E-state index contributed by atoms with van der Waals surface area (Å²) in [5.41, 5.74) is 4.23. The summed E-state index contributed by atoms with van der Waals surface area (Å²) >= 11 is 1.68. The van der Waals surface area contributed by atoms with E-state index in [0.29, 0.717) is 0 Å². The summed E-state index contributed by atoms with van der Waals surface area (Å²) in [4.78, 5) is 28.9. The molecule has 1 saturated heterocycles. The van der Waals surface area contributed by atoms with E-state index in [2.05, 4.69) is 34.9 Å². The van der Waals surface area contributed by atoms with Crippen molar-refractivity contribution in [3.05, 3.63) is 64.8 Å². The van der Waals surface area contributed by atoms with Crippen LogP contribution in [0, 0.1) is 19.8 Å². The number of nitrogens with one attached hydrogen (secondary N) is 1. The second-order valence-electron chi connectivity index (χ2n) is 9.41. The molecule has 35 heavy (non-hydrogen) atoms. The zero-order chi connectivity index (χ0) is 25.3. The van der Waals surface area contributed by atoms with E-state index in [1.165, 1.54) is 15.1 Å².